The minimum Gasteiger partial charge on any atom is -0.103 e. The Morgan fingerprint density at radius 1 is 1.13 bits per heavy atom. The average Bonchev–Trinajstić information content (AvgIpc) is 2.19. The maximum Gasteiger partial charge on any atom is -0.0276 e. The minimum atomic E-state index is 1.14. The summed E-state index contributed by atoms with van der Waals surface area (Å²) in [4.78, 5) is 0. The van der Waals surface area contributed by atoms with Crippen molar-refractivity contribution in [2.24, 2.45) is 0 Å². The monoisotopic (exact) mass is 202 g/mol. The molecule has 82 valence electrons. The number of rotatable bonds is 5. The summed E-state index contributed by atoms with van der Waals surface area (Å²) in [6, 6.07) is 4.60. The Bertz CT molecular complexity index is 334. The molecule has 0 heterocycles. The molecule has 0 saturated heterocycles. The number of benzene rings is 1. The second-order valence-corrected chi connectivity index (χ2v) is 4.40. The zero-order chi connectivity index (χ0) is 11.3. The lowest BCUT2D eigenvalue weighted by atomic mass is 9.96. The van der Waals surface area contributed by atoms with E-state index in [0.29, 0.717) is 0 Å². The Hall–Kier alpha value is -1.04. The van der Waals surface area contributed by atoms with E-state index in [1.54, 1.807) is 0 Å². The second kappa shape index (κ2) is 5.75. The van der Waals surface area contributed by atoms with E-state index in [9.17, 15) is 0 Å². The van der Waals surface area contributed by atoms with Crippen molar-refractivity contribution < 1.29 is 0 Å². The third kappa shape index (κ3) is 3.54. The molecular formula is C15H22. The maximum absolute atomic E-state index is 3.75. The molecule has 0 atom stereocenters. The van der Waals surface area contributed by atoms with Crippen molar-refractivity contribution in [2.75, 3.05) is 0 Å². The molecule has 0 aliphatic heterocycles. The van der Waals surface area contributed by atoms with Gasteiger partial charge in [-0.05, 0) is 63.1 Å². The highest BCUT2D eigenvalue weighted by atomic mass is 14.1. The van der Waals surface area contributed by atoms with Gasteiger partial charge < -0.3 is 0 Å². The van der Waals surface area contributed by atoms with Crippen LogP contribution >= 0.6 is 0 Å². The van der Waals surface area contributed by atoms with Crippen molar-refractivity contribution in [3.63, 3.8) is 0 Å². The van der Waals surface area contributed by atoms with E-state index >= 15 is 0 Å². The predicted octanol–water partition coefficient (Wildman–Crippen LogP) is 4.51. The number of hydrogen-bond donors (Lipinski definition) is 0. The summed E-state index contributed by atoms with van der Waals surface area (Å²) in [5, 5.41) is 0. The second-order valence-electron chi connectivity index (χ2n) is 4.40. The topological polar surface area (TPSA) is 0 Å². The summed E-state index contributed by atoms with van der Waals surface area (Å²) in [5.41, 5.74) is 5.81. The lowest BCUT2D eigenvalue weighted by molar-refractivity contribution is 0.744. The molecule has 0 radical (unpaired) electrons. The van der Waals surface area contributed by atoms with Gasteiger partial charge in [0.05, 0.1) is 0 Å². The quantitative estimate of drug-likeness (QED) is 0.487. The molecule has 0 heteroatoms. The Labute approximate surface area is 94.0 Å². The van der Waals surface area contributed by atoms with Gasteiger partial charge >= 0.3 is 0 Å². The van der Waals surface area contributed by atoms with Crippen LogP contribution in [-0.2, 0) is 6.42 Å². The molecule has 0 spiro atoms. The van der Waals surface area contributed by atoms with E-state index in [0.717, 1.165) is 6.42 Å². The van der Waals surface area contributed by atoms with Gasteiger partial charge in [-0.15, -0.1) is 6.58 Å². The summed E-state index contributed by atoms with van der Waals surface area (Å²) in [6.07, 6.45) is 6.89. The summed E-state index contributed by atoms with van der Waals surface area (Å²) < 4.78 is 0. The van der Waals surface area contributed by atoms with Gasteiger partial charge in [-0.1, -0.05) is 23.8 Å². The van der Waals surface area contributed by atoms with Crippen LogP contribution in [-0.4, -0.2) is 0 Å². The molecule has 0 unspecified atom stereocenters. The molecule has 0 N–H and O–H groups in total. The zero-order valence-corrected chi connectivity index (χ0v) is 10.3. The van der Waals surface area contributed by atoms with Gasteiger partial charge in [0.25, 0.3) is 0 Å². The first-order valence-electron chi connectivity index (χ1n) is 5.82. The van der Waals surface area contributed by atoms with Crippen LogP contribution in [0.1, 0.15) is 41.5 Å². The highest BCUT2D eigenvalue weighted by Crippen LogP contribution is 2.18. The molecular weight excluding hydrogens is 180 g/mol. The van der Waals surface area contributed by atoms with Crippen LogP contribution in [0.2, 0.25) is 0 Å². The Balaban J connectivity index is 2.63. The Morgan fingerprint density at radius 2 is 1.87 bits per heavy atom. The van der Waals surface area contributed by atoms with Gasteiger partial charge in [-0.2, -0.15) is 0 Å². The van der Waals surface area contributed by atoms with Gasteiger partial charge in [0.2, 0.25) is 0 Å². The van der Waals surface area contributed by atoms with Crippen LogP contribution in [0.3, 0.4) is 0 Å². The molecule has 1 rings (SSSR count). The number of hydrogen-bond acceptors (Lipinski definition) is 0. The predicted molar refractivity (Wildman–Crippen MR) is 68.4 cm³/mol. The van der Waals surface area contributed by atoms with Gasteiger partial charge in [-0.3, -0.25) is 0 Å². The molecule has 0 nitrogen and oxygen atoms in total. The Morgan fingerprint density at radius 3 is 2.53 bits per heavy atom. The maximum atomic E-state index is 3.75. The van der Waals surface area contributed by atoms with Gasteiger partial charge in [0.1, 0.15) is 0 Å². The molecule has 0 fully saturated rings. The van der Waals surface area contributed by atoms with Gasteiger partial charge in [0, 0.05) is 0 Å². The van der Waals surface area contributed by atoms with E-state index in [1.807, 2.05) is 6.08 Å². The average molecular weight is 202 g/mol. The van der Waals surface area contributed by atoms with Crippen molar-refractivity contribution in [3.05, 3.63) is 47.0 Å². The first-order valence-corrected chi connectivity index (χ1v) is 5.82. The highest BCUT2D eigenvalue weighted by Gasteiger charge is 2.02. The number of aryl methyl sites for hydroxylation is 3. The van der Waals surface area contributed by atoms with Gasteiger partial charge in [0.15, 0.2) is 0 Å². The molecule has 0 aromatic heterocycles. The number of unbranched alkanes of at least 4 members (excludes halogenated alkanes) is 2. The highest BCUT2D eigenvalue weighted by molar-refractivity contribution is 5.37. The van der Waals surface area contributed by atoms with E-state index in [1.165, 1.54) is 41.5 Å². The summed E-state index contributed by atoms with van der Waals surface area (Å²) in [6.45, 7) is 10.4. The van der Waals surface area contributed by atoms with Crippen molar-refractivity contribution in [1.82, 2.24) is 0 Å². The standard InChI is InChI=1S/C15H22/c1-5-6-7-8-9-15-11-12(2)10-13(3)14(15)4/h5,10-11H,1,6-9H2,2-4H3. The molecule has 0 aliphatic rings. The summed E-state index contributed by atoms with van der Waals surface area (Å²) in [7, 11) is 0. The molecule has 0 aliphatic carbocycles. The largest absolute Gasteiger partial charge is 0.103 e. The molecule has 1 aromatic rings. The third-order valence-electron chi connectivity index (χ3n) is 3.02. The smallest absolute Gasteiger partial charge is 0.0276 e. The van der Waals surface area contributed by atoms with Crippen molar-refractivity contribution in [1.29, 1.82) is 0 Å². The molecule has 1 aromatic carbocycles. The summed E-state index contributed by atoms with van der Waals surface area (Å²) >= 11 is 0. The fourth-order valence-electron chi connectivity index (χ4n) is 1.99. The first kappa shape index (κ1) is 12.0. The molecule has 15 heavy (non-hydrogen) atoms. The van der Waals surface area contributed by atoms with E-state index in [2.05, 4.69) is 39.5 Å². The van der Waals surface area contributed by atoms with Gasteiger partial charge in [-0.25, -0.2) is 0 Å². The summed E-state index contributed by atoms with van der Waals surface area (Å²) in [5.74, 6) is 0. The lowest BCUT2D eigenvalue weighted by Gasteiger charge is -2.10. The fraction of sp³-hybridized carbons (Fsp3) is 0.467. The van der Waals surface area contributed by atoms with Crippen molar-refractivity contribution in [2.45, 2.75) is 46.5 Å². The van der Waals surface area contributed by atoms with Crippen LogP contribution < -0.4 is 0 Å². The van der Waals surface area contributed by atoms with E-state index < -0.39 is 0 Å². The fourth-order valence-corrected chi connectivity index (χ4v) is 1.99. The third-order valence-corrected chi connectivity index (χ3v) is 3.02. The van der Waals surface area contributed by atoms with Crippen molar-refractivity contribution in [3.8, 4) is 0 Å². The van der Waals surface area contributed by atoms with E-state index in [-0.39, 0.29) is 0 Å². The number of allylic oxidation sites excluding steroid dienone is 1. The molecule has 0 saturated carbocycles. The van der Waals surface area contributed by atoms with Crippen LogP contribution in [0.25, 0.3) is 0 Å². The minimum absolute atomic E-state index is 1.14. The SMILES string of the molecule is C=CCCCCc1cc(C)cc(C)c1C. The normalized spacial score (nSPS) is 10.3. The van der Waals surface area contributed by atoms with Crippen LogP contribution in [0.5, 0.6) is 0 Å². The molecule has 0 amide bonds. The first-order chi connectivity index (χ1) is 7.15. The van der Waals surface area contributed by atoms with E-state index in [4.69, 9.17) is 0 Å². The lowest BCUT2D eigenvalue weighted by Crippen LogP contribution is -1.94. The van der Waals surface area contributed by atoms with Crippen LogP contribution in [0, 0.1) is 20.8 Å². The van der Waals surface area contributed by atoms with Crippen molar-refractivity contribution >= 4 is 0 Å². The molecule has 0 bridgehead atoms. The van der Waals surface area contributed by atoms with Crippen LogP contribution in [0.4, 0.5) is 0 Å². The zero-order valence-electron chi connectivity index (χ0n) is 10.3. The van der Waals surface area contributed by atoms with Crippen LogP contribution in [0.15, 0.2) is 24.8 Å². The Kier molecular flexibility index (Phi) is 4.61.